The normalized spacial score (nSPS) is 10.3. The van der Waals surface area contributed by atoms with Crippen LogP contribution in [-0.2, 0) is 0 Å². The summed E-state index contributed by atoms with van der Waals surface area (Å²) in [6.45, 7) is 3.66. The van der Waals surface area contributed by atoms with Crippen LogP contribution in [0.15, 0.2) is 40.9 Å². The number of amides is 1. The van der Waals surface area contributed by atoms with E-state index in [1.807, 2.05) is 19.1 Å². The molecule has 0 saturated heterocycles. The van der Waals surface area contributed by atoms with Crippen LogP contribution in [0.5, 0.6) is 0 Å². The molecule has 2 aromatic rings. The zero-order valence-corrected chi connectivity index (χ0v) is 12.2. The van der Waals surface area contributed by atoms with Crippen LogP contribution in [0, 0.1) is 19.7 Å². The first-order valence-electron chi connectivity index (χ1n) is 5.81. The number of aryl methyl sites for hydroxylation is 1. The SMILES string of the molecule is Cc1ccc(C(=O)Nc2cccc(Br)c2C)c(F)c1. The van der Waals surface area contributed by atoms with Gasteiger partial charge in [0.15, 0.2) is 0 Å². The molecule has 0 aromatic heterocycles. The maximum atomic E-state index is 13.7. The Morgan fingerprint density at radius 3 is 2.63 bits per heavy atom. The number of halogens is 2. The first kappa shape index (κ1) is 13.7. The summed E-state index contributed by atoms with van der Waals surface area (Å²) >= 11 is 3.39. The van der Waals surface area contributed by atoms with E-state index in [0.717, 1.165) is 15.6 Å². The highest BCUT2D eigenvalue weighted by Crippen LogP contribution is 2.24. The van der Waals surface area contributed by atoms with Crippen molar-refractivity contribution < 1.29 is 9.18 Å². The number of rotatable bonds is 2. The predicted octanol–water partition coefficient (Wildman–Crippen LogP) is 4.46. The van der Waals surface area contributed by atoms with E-state index in [4.69, 9.17) is 0 Å². The highest BCUT2D eigenvalue weighted by atomic mass is 79.9. The molecule has 0 aliphatic rings. The van der Waals surface area contributed by atoms with Gasteiger partial charge in [-0.05, 0) is 49.2 Å². The van der Waals surface area contributed by atoms with Crippen LogP contribution in [0.25, 0.3) is 0 Å². The third-order valence-corrected chi connectivity index (χ3v) is 3.74. The lowest BCUT2D eigenvalue weighted by molar-refractivity contribution is 0.102. The minimum Gasteiger partial charge on any atom is -0.322 e. The lowest BCUT2D eigenvalue weighted by atomic mass is 10.1. The molecule has 2 nitrogen and oxygen atoms in total. The van der Waals surface area contributed by atoms with Gasteiger partial charge in [-0.3, -0.25) is 4.79 Å². The fraction of sp³-hybridized carbons (Fsp3) is 0.133. The number of anilines is 1. The minimum atomic E-state index is -0.509. The van der Waals surface area contributed by atoms with Crippen LogP contribution in [0.2, 0.25) is 0 Å². The van der Waals surface area contributed by atoms with Crippen LogP contribution in [0.1, 0.15) is 21.5 Å². The number of carbonyl (C=O) groups is 1. The standard InChI is InChI=1S/C15H13BrFNO/c1-9-6-7-11(13(17)8-9)15(19)18-14-5-3-4-12(16)10(14)2/h3-8H,1-2H3,(H,18,19). The Bertz CT molecular complexity index is 640. The van der Waals surface area contributed by atoms with E-state index >= 15 is 0 Å². The van der Waals surface area contributed by atoms with Crippen molar-refractivity contribution in [1.29, 1.82) is 0 Å². The summed E-state index contributed by atoms with van der Waals surface area (Å²) in [5, 5.41) is 2.72. The Morgan fingerprint density at radius 1 is 1.21 bits per heavy atom. The smallest absolute Gasteiger partial charge is 0.258 e. The van der Waals surface area contributed by atoms with E-state index in [9.17, 15) is 9.18 Å². The van der Waals surface area contributed by atoms with E-state index in [-0.39, 0.29) is 5.56 Å². The zero-order chi connectivity index (χ0) is 14.0. The Kier molecular flexibility index (Phi) is 4.00. The largest absolute Gasteiger partial charge is 0.322 e. The first-order valence-corrected chi connectivity index (χ1v) is 6.61. The summed E-state index contributed by atoms with van der Waals surface area (Å²) in [6, 6.07) is 10.0. The second kappa shape index (κ2) is 5.53. The van der Waals surface area contributed by atoms with Crippen molar-refractivity contribution in [2.24, 2.45) is 0 Å². The third-order valence-electron chi connectivity index (χ3n) is 2.89. The van der Waals surface area contributed by atoms with Gasteiger partial charge in [-0.2, -0.15) is 0 Å². The lowest BCUT2D eigenvalue weighted by Crippen LogP contribution is -2.14. The van der Waals surface area contributed by atoms with Gasteiger partial charge in [-0.25, -0.2) is 4.39 Å². The summed E-state index contributed by atoms with van der Waals surface area (Å²) in [7, 11) is 0. The number of nitrogens with one attached hydrogen (secondary N) is 1. The third kappa shape index (κ3) is 3.01. The van der Waals surface area contributed by atoms with Gasteiger partial charge in [0.2, 0.25) is 0 Å². The molecular formula is C15H13BrFNO. The molecule has 0 unspecified atom stereocenters. The highest BCUT2D eigenvalue weighted by Gasteiger charge is 2.13. The van der Waals surface area contributed by atoms with Gasteiger partial charge < -0.3 is 5.32 Å². The molecule has 1 N–H and O–H groups in total. The van der Waals surface area contributed by atoms with E-state index in [0.29, 0.717) is 5.69 Å². The lowest BCUT2D eigenvalue weighted by Gasteiger charge is -2.10. The average molecular weight is 322 g/mol. The van der Waals surface area contributed by atoms with Crippen LogP contribution >= 0.6 is 15.9 Å². The molecule has 0 aliphatic carbocycles. The maximum absolute atomic E-state index is 13.7. The van der Waals surface area contributed by atoms with Crippen LogP contribution in [-0.4, -0.2) is 5.91 Å². The van der Waals surface area contributed by atoms with Gasteiger partial charge in [0.1, 0.15) is 5.82 Å². The van der Waals surface area contributed by atoms with Crippen LogP contribution in [0.3, 0.4) is 0 Å². The minimum absolute atomic E-state index is 0.0463. The fourth-order valence-corrected chi connectivity index (χ4v) is 2.10. The van der Waals surface area contributed by atoms with Gasteiger partial charge in [0, 0.05) is 10.2 Å². The van der Waals surface area contributed by atoms with Gasteiger partial charge >= 0.3 is 0 Å². The van der Waals surface area contributed by atoms with Crippen molar-refractivity contribution in [3.8, 4) is 0 Å². The molecule has 0 spiro atoms. The molecule has 2 aromatic carbocycles. The number of benzene rings is 2. The quantitative estimate of drug-likeness (QED) is 0.869. The second-order valence-electron chi connectivity index (χ2n) is 4.35. The Balaban J connectivity index is 2.28. The second-order valence-corrected chi connectivity index (χ2v) is 5.20. The molecule has 0 radical (unpaired) electrons. The highest BCUT2D eigenvalue weighted by molar-refractivity contribution is 9.10. The van der Waals surface area contributed by atoms with Crippen molar-refractivity contribution in [3.05, 3.63) is 63.4 Å². The Hall–Kier alpha value is -1.68. The molecule has 0 atom stereocenters. The maximum Gasteiger partial charge on any atom is 0.258 e. The fourth-order valence-electron chi connectivity index (χ4n) is 1.74. The van der Waals surface area contributed by atoms with Crippen LogP contribution < -0.4 is 5.32 Å². The van der Waals surface area contributed by atoms with Gasteiger partial charge in [0.25, 0.3) is 5.91 Å². The van der Waals surface area contributed by atoms with Crippen molar-refractivity contribution in [2.75, 3.05) is 5.32 Å². The van der Waals surface area contributed by atoms with Gasteiger partial charge in [-0.1, -0.05) is 28.1 Å². The summed E-state index contributed by atoms with van der Waals surface area (Å²) < 4.78 is 14.6. The molecule has 2 rings (SSSR count). The Morgan fingerprint density at radius 2 is 1.95 bits per heavy atom. The molecule has 4 heteroatoms. The molecule has 98 valence electrons. The molecule has 19 heavy (non-hydrogen) atoms. The summed E-state index contributed by atoms with van der Waals surface area (Å²) in [5.74, 6) is -0.955. The zero-order valence-electron chi connectivity index (χ0n) is 10.6. The molecule has 0 bridgehead atoms. The van der Waals surface area contributed by atoms with E-state index in [2.05, 4.69) is 21.2 Å². The molecule has 0 aliphatic heterocycles. The number of carbonyl (C=O) groups excluding carboxylic acids is 1. The van der Waals surface area contributed by atoms with Crippen molar-refractivity contribution in [2.45, 2.75) is 13.8 Å². The van der Waals surface area contributed by atoms with Gasteiger partial charge in [-0.15, -0.1) is 0 Å². The summed E-state index contributed by atoms with van der Waals surface area (Å²) in [4.78, 5) is 12.0. The monoisotopic (exact) mass is 321 g/mol. The van der Waals surface area contributed by atoms with Crippen LogP contribution in [0.4, 0.5) is 10.1 Å². The van der Waals surface area contributed by atoms with Crippen molar-refractivity contribution in [3.63, 3.8) is 0 Å². The number of hydrogen-bond acceptors (Lipinski definition) is 1. The summed E-state index contributed by atoms with van der Waals surface area (Å²) in [5.41, 5.74) is 2.40. The van der Waals surface area contributed by atoms with E-state index in [1.165, 1.54) is 12.1 Å². The molecular weight excluding hydrogens is 309 g/mol. The average Bonchev–Trinajstić information content (AvgIpc) is 2.34. The number of hydrogen-bond donors (Lipinski definition) is 1. The Labute approximate surface area is 119 Å². The molecule has 0 saturated carbocycles. The van der Waals surface area contributed by atoms with Crippen molar-refractivity contribution >= 4 is 27.5 Å². The van der Waals surface area contributed by atoms with E-state index < -0.39 is 11.7 Å². The topological polar surface area (TPSA) is 29.1 Å². The summed E-state index contributed by atoms with van der Waals surface area (Å²) in [6.07, 6.45) is 0. The molecule has 0 fully saturated rings. The molecule has 0 heterocycles. The van der Waals surface area contributed by atoms with Gasteiger partial charge in [0.05, 0.1) is 5.56 Å². The first-order chi connectivity index (χ1) is 8.99. The van der Waals surface area contributed by atoms with Crippen molar-refractivity contribution in [1.82, 2.24) is 0 Å². The predicted molar refractivity (Wildman–Crippen MR) is 78.0 cm³/mol. The molecule has 1 amide bonds. The van der Waals surface area contributed by atoms with E-state index in [1.54, 1.807) is 19.1 Å².